The van der Waals surface area contributed by atoms with E-state index in [0.29, 0.717) is 18.1 Å². The highest BCUT2D eigenvalue weighted by molar-refractivity contribution is 5.95. The molecule has 1 aliphatic heterocycles. The van der Waals surface area contributed by atoms with Crippen LogP contribution in [0.3, 0.4) is 0 Å². The van der Waals surface area contributed by atoms with Crippen LogP contribution in [0.2, 0.25) is 0 Å². The lowest BCUT2D eigenvalue weighted by atomic mass is 10.1. The minimum Gasteiger partial charge on any atom is -0.461 e. The number of piperazine rings is 1. The van der Waals surface area contributed by atoms with E-state index in [1.165, 1.54) is 5.56 Å². The first kappa shape index (κ1) is 16.6. The van der Waals surface area contributed by atoms with Crippen LogP contribution in [0.25, 0.3) is 11.0 Å². The van der Waals surface area contributed by atoms with Gasteiger partial charge in [-0.1, -0.05) is 0 Å². The number of likely N-dealkylation sites (N-methyl/N-ethyl adjacent to an activating group) is 1. The molecule has 0 radical (unpaired) electrons. The molecule has 0 atom stereocenters. The largest absolute Gasteiger partial charge is 0.461 e. The van der Waals surface area contributed by atoms with Gasteiger partial charge in [-0.25, -0.2) is 14.8 Å². The first-order valence-corrected chi connectivity index (χ1v) is 8.39. The molecule has 0 spiro atoms. The van der Waals surface area contributed by atoms with Crippen LogP contribution in [-0.2, 0) is 4.74 Å². The number of carbonyl (C=O) groups is 1. The summed E-state index contributed by atoms with van der Waals surface area (Å²) in [6, 6.07) is 4.01. The van der Waals surface area contributed by atoms with Crippen molar-refractivity contribution >= 4 is 22.8 Å². The molecular formula is C18H24N4O2. The summed E-state index contributed by atoms with van der Waals surface area (Å²) in [4.78, 5) is 26.2. The topological polar surface area (TPSA) is 58.6 Å². The normalized spacial score (nSPS) is 15.8. The lowest BCUT2D eigenvalue weighted by molar-refractivity contribution is 0.0520. The molecule has 0 aliphatic carbocycles. The predicted molar refractivity (Wildman–Crippen MR) is 94.7 cm³/mol. The Kier molecular flexibility index (Phi) is 4.66. The molecule has 6 heteroatoms. The average molecular weight is 328 g/mol. The van der Waals surface area contributed by atoms with Crippen molar-refractivity contribution in [1.82, 2.24) is 14.9 Å². The fourth-order valence-corrected chi connectivity index (χ4v) is 2.88. The van der Waals surface area contributed by atoms with Gasteiger partial charge in [0.15, 0.2) is 11.5 Å². The Hall–Kier alpha value is -2.21. The van der Waals surface area contributed by atoms with Gasteiger partial charge in [0.2, 0.25) is 0 Å². The van der Waals surface area contributed by atoms with Crippen molar-refractivity contribution in [2.45, 2.75) is 20.8 Å². The summed E-state index contributed by atoms with van der Waals surface area (Å²) >= 11 is 0. The van der Waals surface area contributed by atoms with E-state index < -0.39 is 5.97 Å². The molecular weight excluding hydrogens is 304 g/mol. The van der Waals surface area contributed by atoms with E-state index in [2.05, 4.69) is 28.8 Å². The molecule has 2 aromatic rings. The fourth-order valence-electron chi connectivity index (χ4n) is 2.88. The smallest absolute Gasteiger partial charge is 0.360 e. The summed E-state index contributed by atoms with van der Waals surface area (Å²) in [5, 5.41) is 0. The van der Waals surface area contributed by atoms with Gasteiger partial charge in [-0.15, -0.1) is 0 Å². The first-order valence-electron chi connectivity index (χ1n) is 8.39. The number of hydrogen-bond acceptors (Lipinski definition) is 6. The molecule has 0 bridgehead atoms. The van der Waals surface area contributed by atoms with Gasteiger partial charge in [0, 0.05) is 26.2 Å². The molecule has 3 rings (SSSR count). The Morgan fingerprint density at radius 1 is 1.08 bits per heavy atom. The molecule has 0 N–H and O–H groups in total. The number of fused-ring (bicyclic) bond motifs is 1. The number of rotatable bonds is 3. The highest BCUT2D eigenvalue weighted by Crippen LogP contribution is 2.24. The van der Waals surface area contributed by atoms with Gasteiger partial charge in [0.05, 0.1) is 17.6 Å². The molecule has 1 aromatic heterocycles. The van der Waals surface area contributed by atoms with Gasteiger partial charge in [-0.05, 0) is 51.1 Å². The van der Waals surface area contributed by atoms with Crippen molar-refractivity contribution in [2.75, 3.05) is 44.7 Å². The molecule has 128 valence electrons. The molecule has 2 heterocycles. The van der Waals surface area contributed by atoms with Crippen molar-refractivity contribution in [2.24, 2.45) is 0 Å². The zero-order valence-corrected chi connectivity index (χ0v) is 14.8. The number of carbonyl (C=O) groups excluding carboxylic acids is 1. The third-order valence-corrected chi connectivity index (χ3v) is 4.53. The number of esters is 1. The number of benzene rings is 1. The van der Waals surface area contributed by atoms with Gasteiger partial charge >= 0.3 is 5.97 Å². The Morgan fingerprint density at radius 2 is 1.67 bits per heavy atom. The summed E-state index contributed by atoms with van der Waals surface area (Å²) < 4.78 is 5.20. The Bertz CT molecular complexity index is 767. The second kappa shape index (κ2) is 6.73. The first-order chi connectivity index (χ1) is 11.5. The predicted octanol–water partition coefficient (Wildman–Crippen LogP) is 2.18. The number of nitrogens with zero attached hydrogens (tertiary/aromatic N) is 4. The number of anilines is 1. The Morgan fingerprint density at radius 3 is 2.25 bits per heavy atom. The Labute approximate surface area is 142 Å². The van der Waals surface area contributed by atoms with Crippen LogP contribution >= 0.6 is 0 Å². The summed E-state index contributed by atoms with van der Waals surface area (Å²) in [7, 11) is 2.10. The van der Waals surface area contributed by atoms with Crippen molar-refractivity contribution in [3.63, 3.8) is 0 Å². The number of hydrogen-bond donors (Lipinski definition) is 0. The van der Waals surface area contributed by atoms with Crippen LogP contribution in [0.15, 0.2) is 12.1 Å². The van der Waals surface area contributed by atoms with Gasteiger partial charge in [0.25, 0.3) is 0 Å². The summed E-state index contributed by atoms with van der Waals surface area (Å²) in [5.74, 6) is 0.233. The van der Waals surface area contributed by atoms with Crippen LogP contribution in [0.5, 0.6) is 0 Å². The molecule has 0 amide bonds. The van der Waals surface area contributed by atoms with Gasteiger partial charge in [0.1, 0.15) is 0 Å². The minimum atomic E-state index is -0.404. The maximum absolute atomic E-state index is 12.4. The van der Waals surface area contributed by atoms with Crippen LogP contribution < -0.4 is 4.90 Å². The van der Waals surface area contributed by atoms with E-state index in [-0.39, 0.29) is 0 Å². The lowest BCUT2D eigenvalue weighted by Crippen LogP contribution is -2.45. The highest BCUT2D eigenvalue weighted by Gasteiger charge is 2.24. The second-order valence-electron chi connectivity index (χ2n) is 6.33. The van der Waals surface area contributed by atoms with E-state index >= 15 is 0 Å². The molecule has 1 aliphatic rings. The van der Waals surface area contributed by atoms with Crippen LogP contribution in [-0.4, -0.2) is 60.7 Å². The van der Waals surface area contributed by atoms with Crippen LogP contribution in [0, 0.1) is 13.8 Å². The summed E-state index contributed by atoms with van der Waals surface area (Å²) in [5.41, 5.74) is 4.18. The van der Waals surface area contributed by atoms with Crippen molar-refractivity contribution < 1.29 is 9.53 Å². The van der Waals surface area contributed by atoms with E-state index in [1.54, 1.807) is 6.92 Å². The average Bonchev–Trinajstić information content (AvgIpc) is 2.56. The van der Waals surface area contributed by atoms with Crippen molar-refractivity contribution in [1.29, 1.82) is 0 Å². The van der Waals surface area contributed by atoms with Crippen LogP contribution in [0.1, 0.15) is 28.5 Å². The molecule has 0 unspecified atom stereocenters. The highest BCUT2D eigenvalue weighted by atomic mass is 16.5. The maximum atomic E-state index is 12.4. The molecule has 0 saturated carbocycles. The third kappa shape index (κ3) is 3.19. The van der Waals surface area contributed by atoms with E-state index in [9.17, 15) is 4.79 Å². The van der Waals surface area contributed by atoms with E-state index in [4.69, 9.17) is 9.72 Å². The molecule has 1 fully saturated rings. The lowest BCUT2D eigenvalue weighted by Gasteiger charge is -2.33. The fraction of sp³-hybridized carbons (Fsp3) is 0.500. The SMILES string of the molecule is CCOC(=O)c1nc2cc(C)c(C)cc2nc1N1CCN(C)CC1. The third-order valence-electron chi connectivity index (χ3n) is 4.53. The maximum Gasteiger partial charge on any atom is 0.360 e. The number of aryl methyl sites for hydroxylation is 2. The number of ether oxygens (including phenoxy) is 1. The number of aromatic nitrogens is 2. The molecule has 24 heavy (non-hydrogen) atoms. The van der Waals surface area contributed by atoms with Crippen LogP contribution in [0.4, 0.5) is 5.82 Å². The zero-order chi connectivity index (χ0) is 17.3. The van der Waals surface area contributed by atoms with Crippen molar-refractivity contribution in [3.8, 4) is 0 Å². The van der Waals surface area contributed by atoms with E-state index in [1.807, 2.05) is 19.1 Å². The molecule has 6 nitrogen and oxygen atoms in total. The van der Waals surface area contributed by atoms with Crippen molar-refractivity contribution in [3.05, 3.63) is 29.0 Å². The zero-order valence-electron chi connectivity index (χ0n) is 14.8. The summed E-state index contributed by atoms with van der Waals surface area (Å²) in [6.07, 6.45) is 0. The standard InChI is InChI=1S/C18H24N4O2/c1-5-24-18(23)16-17(22-8-6-21(4)7-9-22)20-15-11-13(3)12(2)10-14(15)19-16/h10-11H,5-9H2,1-4H3. The second-order valence-corrected chi connectivity index (χ2v) is 6.33. The monoisotopic (exact) mass is 328 g/mol. The molecule has 1 saturated heterocycles. The van der Waals surface area contributed by atoms with Gasteiger partial charge < -0.3 is 14.5 Å². The minimum absolute atomic E-state index is 0.317. The van der Waals surface area contributed by atoms with Gasteiger partial charge in [-0.2, -0.15) is 0 Å². The van der Waals surface area contributed by atoms with Gasteiger partial charge in [-0.3, -0.25) is 0 Å². The quantitative estimate of drug-likeness (QED) is 0.805. The Balaban J connectivity index is 2.11. The molecule has 1 aromatic carbocycles. The van der Waals surface area contributed by atoms with E-state index in [0.717, 1.165) is 42.8 Å². The summed E-state index contributed by atoms with van der Waals surface area (Å²) in [6.45, 7) is 9.76.